The van der Waals surface area contributed by atoms with E-state index in [9.17, 15) is 5.11 Å². The fraction of sp³-hybridized carbons (Fsp3) is 0.545. The molecule has 1 fully saturated rings. The van der Waals surface area contributed by atoms with Gasteiger partial charge in [-0.25, -0.2) is 4.98 Å². The van der Waals surface area contributed by atoms with Crippen LogP contribution in [0.3, 0.4) is 0 Å². The quantitative estimate of drug-likeness (QED) is 0.749. The van der Waals surface area contributed by atoms with Crippen molar-refractivity contribution in [3.63, 3.8) is 0 Å². The van der Waals surface area contributed by atoms with Gasteiger partial charge in [0.15, 0.2) is 0 Å². The third-order valence-corrected chi connectivity index (χ3v) is 2.64. The smallest absolute Gasteiger partial charge is 0.213 e. The summed E-state index contributed by atoms with van der Waals surface area (Å²) in [5, 5.41) is 13.1. The Kier molecular flexibility index (Phi) is 2.63. The summed E-state index contributed by atoms with van der Waals surface area (Å²) in [7, 11) is 1.60. The maximum Gasteiger partial charge on any atom is 0.213 e. The van der Waals surface area contributed by atoms with Gasteiger partial charge in [-0.2, -0.15) is 0 Å². The Morgan fingerprint density at radius 3 is 2.80 bits per heavy atom. The van der Waals surface area contributed by atoms with Crippen molar-refractivity contribution in [2.45, 2.75) is 18.9 Å². The van der Waals surface area contributed by atoms with Gasteiger partial charge in [0.1, 0.15) is 0 Å². The summed E-state index contributed by atoms with van der Waals surface area (Å²) in [6.45, 7) is 3.25. The second-order valence-electron chi connectivity index (χ2n) is 4.16. The van der Waals surface area contributed by atoms with Crippen molar-refractivity contribution in [3.05, 3.63) is 23.4 Å². The van der Waals surface area contributed by atoms with Crippen molar-refractivity contribution >= 4 is 0 Å². The maximum absolute atomic E-state index is 9.99. The minimum Gasteiger partial charge on any atom is -0.481 e. The van der Waals surface area contributed by atoms with Crippen LogP contribution in [0.25, 0.3) is 0 Å². The Bertz CT molecular complexity index is 362. The monoisotopic (exact) mass is 208 g/mol. The van der Waals surface area contributed by atoms with Crippen LogP contribution in [0.15, 0.2) is 12.1 Å². The van der Waals surface area contributed by atoms with Crippen LogP contribution in [0.4, 0.5) is 0 Å². The molecule has 1 aromatic rings. The van der Waals surface area contributed by atoms with Gasteiger partial charge in [0.25, 0.3) is 0 Å². The Morgan fingerprint density at radius 2 is 2.27 bits per heavy atom. The number of nitrogens with one attached hydrogen (secondary N) is 1. The summed E-state index contributed by atoms with van der Waals surface area (Å²) in [6.07, 6.45) is 0.653. The highest BCUT2D eigenvalue weighted by Crippen LogP contribution is 2.20. The molecule has 2 rings (SSSR count). The predicted octanol–water partition coefficient (Wildman–Crippen LogP) is 0.275. The topological polar surface area (TPSA) is 54.4 Å². The van der Waals surface area contributed by atoms with Crippen molar-refractivity contribution in [1.82, 2.24) is 10.3 Å². The summed E-state index contributed by atoms with van der Waals surface area (Å²) in [5.74, 6) is 0.612. The number of hydrogen-bond acceptors (Lipinski definition) is 4. The average Bonchev–Trinajstić information content (AvgIpc) is 2.14. The second kappa shape index (κ2) is 3.79. The fourth-order valence-corrected chi connectivity index (χ4v) is 1.83. The van der Waals surface area contributed by atoms with E-state index in [1.807, 2.05) is 19.1 Å². The number of aryl methyl sites for hydroxylation is 1. The zero-order valence-corrected chi connectivity index (χ0v) is 9.08. The first kappa shape index (κ1) is 10.4. The van der Waals surface area contributed by atoms with Gasteiger partial charge in [-0.15, -0.1) is 0 Å². The van der Waals surface area contributed by atoms with Crippen LogP contribution in [0.1, 0.15) is 11.3 Å². The third kappa shape index (κ3) is 2.27. The van der Waals surface area contributed by atoms with E-state index in [0.717, 1.165) is 11.3 Å². The van der Waals surface area contributed by atoms with Crippen molar-refractivity contribution < 1.29 is 9.84 Å². The molecule has 0 radical (unpaired) electrons. The third-order valence-electron chi connectivity index (χ3n) is 2.64. The number of methoxy groups -OCH3 is 1. The first-order valence-corrected chi connectivity index (χ1v) is 5.06. The van der Waals surface area contributed by atoms with Crippen LogP contribution in [-0.4, -0.2) is 35.9 Å². The minimum absolute atomic E-state index is 0.585. The molecule has 1 aliphatic rings. The molecular weight excluding hydrogens is 192 g/mol. The van der Waals surface area contributed by atoms with Gasteiger partial charge in [-0.05, 0) is 18.6 Å². The number of ether oxygens (including phenoxy) is 1. The van der Waals surface area contributed by atoms with Gasteiger partial charge in [0.05, 0.1) is 12.7 Å². The minimum atomic E-state index is -0.585. The molecule has 0 unspecified atom stereocenters. The van der Waals surface area contributed by atoms with E-state index in [1.54, 1.807) is 7.11 Å². The van der Waals surface area contributed by atoms with Crippen LogP contribution < -0.4 is 10.1 Å². The number of aromatic nitrogens is 1. The van der Waals surface area contributed by atoms with Crippen LogP contribution in [-0.2, 0) is 6.42 Å². The summed E-state index contributed by atoms with van der Waals surface area (Å²) in [6, 6.07) is 3.86. The highest BCUT2D eigenvalue weighted by Gasteiger charge is 2.34. The molecular formula is C11H16N2O2. The average molecular weight is 208 g/mol. The van der Waals surface area contributed by atoms with E-state index in [0.29, 0.717) is 25.4 Å². The van der Waals surface area contributed by atoms with Crippen LogP contribution in [0.5, 0.6) is 5.88 Å². The van der Waals surface area contributed by atoms with Crippen LogP contribution >= 0.6 is 0 Å². The number of β-amino-alcohol motifs (C(OH)–C–C–N with tert-alkyl or cyclic N) is 1. The lowest BCUT2D eigenvalue weighted by Gasteiger charge is -2.37. The Morgan fingerprint density at radius 1 is 1.53 bits per heavy atom. The van der Waals surface area contributed by atoms with Crippen molar-refractivity contribution in [2.75, 3.05) is 20.2 Å². The summed E-state index contributed by atoms with van der Waals surface area (Å²) in [5.41, 5.74) is 1.40. The second-order valence-corrected chi connectivity index (χ2v) is 4.16. The van der Waals surface area contributed by atoms with Crippen LogP contribution in [0.2, 0.25) is 0 Å². The van der Waals surface area contributed by atoms with Crippen LogP contribution in [0, 0.1) is 6.92 Å². The lowest BCUT2D eigenvalue weighted by atomic mass is 9.89. The first-order chi connectivity index (χ1) is 7.11. The SMILES string of the molecule is COc1cc(CC2(O)CNC2)cc(C)n1. The molecule has 2 N–H and O–H groups in total. The fourth-order valence-electron chi connectivity index (χ4n) is 1.83. The van der Waals surface area contributed by atoms with Gasteiger partial charge >= 0.3 is 0 Å². The molecule has 0 aromatic carbocycles. The molecule has 2 heterocycles. The molecule has 4 heteroatoms. The van der Waals surface area contributed by atoms with E-state index in [-0.39, 0.29) is 0 Å². The molecule has 15 heavy (non-hydrogen) atoms. The molecule has 0 amide bonds. The highest BCUT2D eigenvalue weighted by molar-refractivity contribution is 5.26. The summed E-state index contributed by atoms with van der Waals surface area (Å²) >= 11 is 0. The zero-order chi connectivity index (χ0) is 10.9. The maximum atomic E-state index is 9.99. The largest absolute Gasteiger partial charge is 0.481 e. The van der Waals surface area contributed by atoms with Crippen molar-refractivity contribution in [3.8, 4) is 5.88 Å². The number of pyridine rings is 1. The van der Waals surface area contributed by atoms with Gasteiger partial charge in [0.2, 0.25) is 5.88 Å². The number of hydrogen-bond donors (Lipinski definition) is 2. The number of aliphatic hydroxyl groups is 1. The molecule has 0 bridgehead atoms. The summed E-state index contributed by atoms with van der Waals surface area (Å²) < 4.78 is 5.09. The number of rotatable bonds is 3. The van der Waals surface area contributed by atoms with E-state index in [1.165, 1.54) is 0 Å². The zero-order valence-electron chi connectivity index (χ0n) is 9.08. The molecule has 1 aliphatic heterocycles. The van der Waals surface area contributed by atoms with E-state index >= 15 is 0 Å². The first-order valence-electron chi connectivity index (χ1n) is 5.06. The van der Waals surface area contributed by atoms with E-state index in [4.69, 9.17) is 4.74 Å². The molecule has 0 aliphatic carbocycles. The Labute approximate surface area is 89.3 Å². The highest BCUT2D eigenvalue weighted by atomic mass is 16.5. The summed E-state index contributed by atoms with van der Waals surface area (Å²) in [4.78, 5) is 4.21. The standard InChI is InChI=1S/C11H16N2O2/c1-8-3-9(4-10(13-8)15-2)5-11(14)6-12-7-11/h3-4,12,14H,5-7H2,1-2H3. The van der Waals surface area contributed by atoms with E-state index < -0.39 is 5.60 Å². The number of nitrogens with zero attached hydrogens (tertiary/aromatic N) is 1. The molecule has 0 atom stereocenters. The van der Waals surface area contributed by atoms with Crippen molar-refractivity contribution in [1.29, 1.82) is 0 Å². The van der Waals surface area contributed by atoms with E-state index in [2.05, 4.69) is 10.3 Å². The normalized spacial score (nSPS) is 18.3. The Balaban J connectivity index is 2.16. The van der Waals surface area contributed by atoms with Gasteiger partial charge in [0, 0.05) is 31.3 Å². The molecule has 0 spiro atoms. The molecule has 82 valence electrons. The molecule has 0 saturated carbocycles. The molecule has 1 aromatic heterocycles. The predicted molar refractivity (Wildman–Crippen MR) is 57.0 cm³/mol. The lowest BCUT2D eigenvalue weighted by Crippen LogP contribution is -2.60. The lowest BCUT2D eigenvalue weighted by molar-refractivity contribution is -0.00906. The van der Waals surface area contributed by atoms with Gasteiger partial charge < -0.3 is 15.2 Å². The van der Waals surface area contributed by atoms with Gasteiger partial charge in [-0.3, -0.25) is 0 Å². The molecule has 4 nitrogen and oxygen atoms in total. The van der Waals surface area contributed by atoms with Gasteiger partial charge in [-0.1, -0.05) is 0 Å². The molecule has 1 saturated heterocycles. The Hall–Kier alpha value is -1.13. The van der Waals surface area contributed by atoms with Crippen molar-refractivity contribution in [2.24, 2.45) is 0 Å².